The van der Waals surface area contributed by atoms with Crippen molar-refractivity contribution in [1.82, 2.24) is 14.6 Å². The van der Waals surface area contributed by atoms with E-state index in [-0.39, 0.29) is 5.41 Å². The molecular formula is C10H12BrN3. The van der Waals surface area contributed by atoms with Crippen molar-refractivity contribution in [3.8, 4) is 0 Å². The smallest absolute Gasteiger partial charge is 0.154 e. The molecular weight excluding hydrogens is 242 g/mol. The molecule has 0 saturated heterocycles. The summed E-state index contributed by atoms with van der Waals surface area (Å²) in [6, 6.07) is 4.01. The lowest BCUT2D eigenvalue weighted by Gasteiger charge is -2.16. The molecule has 0 aliphatic rings. The van der Waals surface area contributed by atoms with Gasteiger partial charge in [-0.15, -0.1) is 0 Å². The van der Waals surface area contributed by atoms with Crippen molar-refractivity contribution in [2.75, 3.05) is 0 Å². The van der Waals surface area contributed by atoms with Gasteiger partial charge in [0.1, 0.15) is 4.60 Å². The highest BCUT2D eigenvalue weighted by atomic mass is 79.9. The number of hydrogen-bond acceptors (Lipinski definition) is 2. The molecule has 0 bridgehead atoms. The van der Waals surface area contributed by atoms with Gasteiger partial charge in [-0.1, -0.05) is 20.8 Å². The second-order valence-electron chi connectivity index (χ2n) is 4.33. The lowest BCUT2D eigenvalue weighted by molar-refractivity contribution is 0.554. The van der Waals surface area contributed by atoms with Crippen LogP contribution in [0.5, 0.6) is 0 Å². The molecule has 2 heterocycles. The first kappa shape index (κ1) is 9.65. The number of halogens is 1. The van der Waals surface area contributed by atoms with E-state index in [1.54, 1.807) is 4.52 Å². The molecule has 2 aromatic rings. The van der Waals surface area contributed by atoms with Gasteiger partial charge in [-0.25, -0.2) is 9.50 Å². The molecule has 0 unspecified atom stereocenters. The zero-order valence-electron chi connectivity index (χ0n) is 8.45. The molecule has 0 spiro atoms. The van der Waals surface area contributed by atoms with E-state index in [4.69, 9.17) is 0 Å². The van der Waals surface area contributed by atoms with Gasteiger partial charge < -0.3 is 0 Å². The Morgan fingerprint density at radius 3 is 2.64 bits per heavy atom. The maximum absolute atomic E-state index is 4.49. The number of nitrogens with zero attached hydrogens (tertiary/aromatic N) is 3. The largest absolute Gasteiger partial charge is 0.220 e. The van der Waals surface area contributed by atoms with Crippen molar-refractivity contribution in [2.24, 2.45) is 0 Å². The summed E-state index contributed by atoms with van der Waals surface area (Å²) >= 11 is 3.33. The average Bonchev–Trinajstić information content (AvgIpc) is 2.41. The summed E-state index contributed by atoms with van der Waals surface area (Å²) in [5.41, 5.74) is 2.00. The van der Waals surface area contributed by atoms with E-state index >= 15 is 0 Å². The molecule has 0 aliphatic heterocycles. The van der Waals surface area contributed by atoms with Crippen molar-refractivity contribution in [1.29, 1.82) is 0 Å². The van der Waals surface area contributed by atoms with E-state index < -0.39 is 0 Å². The van der Waals surface area contributed by atoms with Gasteiger partial charge in [-0.3, -0.25) is 0 Å². The SMILES string of the molecule is CC(C)(C)c1ccc2nc(Br)cn2n1. The van der Waals surface area contributed by atoms with Crippen LogP contribution in [0.1, 0.15) is 26.5 Å². The van der Waals surface area contributed by atoms with Crippen LogP contribution in [0.15, 0.2) is 22.9 Å². The van der Waals surface area contributed by atoms with Crippen molar-refractivity contribution in [2.45, 2.75) is 26.2 Å². The predicted octanol–water partition coefficient (Wildman–Crippen LogP) is 2.79. The molecule has 14 heavy (non-hydrogen) atoms. The number of aromatic nitrogens is 3. The summed E-state index contributed by atoms with van der Waals surface area (Å²) in [7, 11) is 0. The fraction of sp³-hybridized carbons (Fsp3) is 0.400. The minimum atomic E-state index is 0.0743. The molecule has 2 aromatic heterocycles. The summed E-state index contributed by atoms with van der Waals surface area (Å²) in [6.45, 7) is 6.44. The monoisotopic (exact) mass is 253 g/mol. The molecule has 4 heteroatoms. The quantitative estimate of drug-likeness (QED) is 0.723. The van der Waals surface area contributed by atoms with E-state index in [1.165, 1.54) is 0 Å². The third-order valence-electron chi connectivity index (χ3n) is 2.06. The van der Waals surface area contributed by atoms with Crippen LogP contribution in [0, 0.1) is 0 Å². The molecule has 0 radical (unpaired) electrons. The van der Waals surface area contributed by atoms with Gasteiger partial charge in [0.15, 0.2) is 5.65 Å². The van der Waals surface area contributed by atoms with Gasteiger partial charge in [-0.2, -0.15) is 5.10 Å². The van der Waals surface area contributed by atoms with Crippen LogP contribution in [-0.2, 0) is 5.41 Å². The minimum Gasteiger partial charge on any atom is -0.220 e. The van der Waals surface area contributed by atoms with Gasteiger partial charge in [0.2, 0.25) is 0 Å². The van der Waals surface area contributed by atoms with Crippen LogP contribution in [-0.4, -0.2) is 14.6 Å². The molecule has 2 rings (SSSR count). The lowest BCUT2D eigenvalue weighted by Crippen LogP contribution is -2.15. The van der Waals surface area contributed by atoms with Crippen LogP contribution in [0.25, 0.3) is 5.65 Å². The van der Waals surface area contributed by atoms with Gasteiger partial charge in [0.25, 0.3) is 0 Å². The van der Waals surface area contributed by atoms with E-state index in [2.05, 4.69) is 46.8 Å². The van der Waals surface area contributed by atoms with Gasteiger partial charge >= 0.3 is 0 Å². The van der Waals surface area contributed by atoms with Crippen molar-refractivity contribution < 1.29 is 0 Å². The van der Waals surface area contributed by atoms with Gasteiger partial charge in [0, 0.05) is 5.41 Å². The lowest BCUT2D eigenvalue weighted by atomic mass is 9.92. The van der Waals surface area contributed by atoms with Crippen molar-refractivity contribution in [3.05, 3.63) is 28.6 Å². The van der Waals surface area contributed by atoms with E-state index in [9.17, 15) is 0 Å². The van der Waals surface area contributed by atoms with Gasteiger partial charge in [-0.05, 0) is 28.1 Å². The molecule has 0 saturated carbocycles. The second-order valence-corrected chi connectivity index (χ2v) is 5.15. The number of hydrogen-bond donors (Lipinski definition) is 0. The van der Waals surface area contributed by atoms with E-state index in [0.29, 0.717) is 0 Å². The minimum absolute atomic E-state index is 0.0743. The van der Waals surface area contributed by atoms with Crippen LogP contribution in [0.4, 0.5) is 0 Å². The standard InChI is InChI=1S/C10H12BrN3/c1-10(2,3)7-4-5-9-12-8(11)6-14(9)13-7/h4-6H,1-3H3. The first-order valence-electron chi connectivity index (χ1n) is 4.49. The maximum atomic E-state index is 4.49. The topological polar surface area (TPSA) is 30.2 Å². The third kappa shape index (κ3) is 1.66. The Hall–Kier alpha value is -0.900. The summed E-state index contributed by atoms with van der Waals surface area (Å²) in [5.74, 6) is 0. The summed E-state index contributed by atoms with van der Waals surface area (Å²) in [4.78, 5) is 4.25. The molecule has 74 valence electrons. The number of rotatable bonds is 0. The van der Waals surface area contributed by atoms with Crippen molar-refractivity contribution >= 4 is 21.6 Å². The highest BCUT2D eigenvalue weighted by Crippen LogP contribution is 2.20. The fourth-order valence-corrected chi connectivity index (χ4v) is 1.63. The molecule has 0 atom stereocenters. The van der Waals surface area contributed by atoms with Crippen LogP contribution >= 0.6 is 15.9 Å². The van der Waals surface area contributed by atoms with E-state index in [1.807, 2.05) is 18.3 Å². The number of fused-ring (bicyclic) bond motifs is 1. The Kier molecular flexibility index (Phi) is 2.10. The highest BCUT2D eigenvalue weighted by molar-refractivity contribution is 9.10. The van der Waals surface area contributed by atoms with Crippen LogP contribution < -0.4 is 0 Å². The highest BCUT2D eigenvalue weighted by Gasteiger charge is 2.16. The van der Waals surface area contributed by atoms with E-state index in [0.717, 1.165) is 15.9 Å². The zero-order chi connectivity index (χ0) is 10.3. The van der Waals surface area contributed by atoms with Crippen LogP contribution in [0.2, 0.25) is 0 Å². The third-order valence-corrected chi connectivity index (χ3v) is 2.44. The average molecular weight is 254 g/mol. The Labute approximate surface area is 91.3 Å². The molecule has 0 amide bonds. The van der Waals surface area contributed by atoms with Crippen LogP contribution in [0.3, 0.4) is 0 Å². The van der Waals surface area contributed by atoms with Gasteiger partial charge in [0.05, 0.1) is 11.9 Å². The number of imidazole rings is 1. The predicted molar refractivity (Wildman–Crippen MR) is 59.4 cm³/mol. The maximum Gasteiger partial charge on any atom is 0.154 e. The molecule has 3 nitrogen and oxygen atoms in total. The second kappa shape index (κ2) is 3.05. The Balaban J connectivity index is 2.62. The Morgan fingerprint density at radius 2 is 2.00 bits per heavy atom. The van der Waals surface area contributed by atoms with Crippen molar-refractivity contribution in [3.63, 3.8) is 0 Å². The molecule has 0 aromatic carbocycles. The zero-order valence-corrected chi connectivity index (χ0v) is 10.0. The normalized spacial score (nSPS) is 12.3. The summed E-state index contributed by atoms with van der Waals surface area (Å²) < 4.78 is 2.61. The molecule has 0 aliphatic carbocycles. The summed E-state index contributed by atoms with van der Waals surface area (Å²) in [6.07, 6.45) is 1.87. The first-order valence-corrected chi connectivity index (χ1v) is 5.28. The first-order chi connectivity index (χ1) is 6.47. The molecule has 0 fully saturated rings. The Morgan fingerprint density at radius 1 is 1.29 bits per heavy atom. The Bertz CT molecular complexity index is 468. The summed E-state index contributed by atoms with van der Waals surface area (Å²) in [5, 5.41) is 4.49. The fourth-order valence-electron chi connectivity index (χ4n) is 1.25. The molecule has 0 N–H and O–H groups in total.